The molecule has 2 unspecified atom stereocenters. The normalized spacial score (nSPS) is 20.0. The fourth-order valence-electron chi connectivity index (χ4n) is 2.76. The number of amides is 1. The number of benzene rings is 2. The van der Waals surface area contributed by atoms with Crippen molar-refractivity contribution >= 4 is 34.6 Å². The van der Waals surface area contributed by atoms with Crippen molar-refractivity contribution in [3.63, 3.8) is 0 Å². The summed E-state index contributed by atoms with van der Waals surface area (Å²) >= 11 is 6.17. The summed E-state index contributed by atoms with van der Waals surface area (Å²) in [4.78, 5) is 13.8. The van der Waals surface area contributed by atoms with E-state index >= 15 is 0 Å². The molecule has 25 heavy (non-hydrogen) atoms. The summed E-state index contributed by atoms with van der Waals surface area (Å²) in [6.07, 6.45) is 1.58. The van der Waals surface area contributed by atoms with Crippen LogP contribution in [0.1, 0.15) is 11.8 Å². The lowest BCUT2D eigenvalue weighted by Crippen LogP contribution is -2.56. The fraction of sp³-hybridized carbons (Fsp3) is 0.105. The Morgan fingerprint density at radius 1 is 0.880 bits per heavy atom. The van der Waals surface area contributed by atoms with Crippen LogP contribution in [0.5, 0.6) is 0 Å². The van der Waals surface area contributed by atoms with E-state index in [1.54, 1.807) is 17.2 Å². The van der Waals surface area contributed by atoms with E-state index in [1.165, 1.54) is 0 Å². The number of nitrogens with zero attached hydrogens (tertiary/aromatic N) is 3. The molecule has 1 aliphatic heterocycles. The largest absolute Gasteiger partial charge is 0.467 e. The maximum Gasteiger partial charge on any atom is 0.248 e. The minimum Gasteiger partial charge on any atom is -0.467 e. The molecule has 0 saturated carbocycles. The van der Waals surface area contributed by atoms with Gasteiger partial charge in [0.2, 0.25) is 5.91 Å². The molecule has 0 bridgehead atoms. The third-order valence-electron chi connectivity index (χ3n) is 4.03. The van der Waals surface area contributed by atoms with E-state index in [2.05, 4.69) is 10.2 Å². The summed E-state index contributed by atoms with van der Waals surface area (Å²) in [6, 6.07) is 20.1. The first kappa shape index (κ1) is 15.6. The molecule has 1 aromatic heterocycles. The Balaban J connectivity index is 1.54. The number of azo groups is 1. The van der Waals surface area contributed by atoms with Crippen LogP contribution in [0.15, 0.2) is 87.6 Å². The Labute approximate surface area is 149 Å². The number of halogens is 1. The molecule has 1 saturated heterocycles. The van der Waals surface area contributed by atoms with Gasteiger partial charge in [0.15, 0.2) is 0 Å². The van der Waals surface area contributed by atoms with Crippen LogP contribution in [-0.4, -0.2) is 11.3 Å². The summed E-state index contributed by atoms with van der Waals surface area (Å²) < 4.78 is 5.41. The quantitative estimate of drug-likeness (QED) is 0.359. The zero-order valence-electron chi connectivity index (χ0n) is 13.1. The number of anilines is 1. The number of rotatable bonds is 4. The van der Waals surface area contributed by atoms with Gasteiger partial charge in [-0.3, -0.25) is 9.69 Å². The van der Waals surface area contributed by atoms with Gasteiger partial charge in [-0.1, -0.05) is 18.2 Å². The van der Waals surface area contributed by atoms with Gasteiger partial charge < -0.3 is 4.42 Å². The number of carbonyl (C=O) groups excluding carboxylic acids is 1. The van der Waals surface area contributed by atoms with E-state index in [1.807, 2.05) is 60.7 Å². The molecule has 6 heteroatoms. The van der Waals surface area contributed by atoms with Crippen LogP contribution in [0.4, 0.5) is 17.1 Å². The van der Waals surface area contributed by atoms with Gasteiger partial charge in [0.25, 0.3) is 0 Å². The van der Waals surface area contributed by atoms with E-state index in [0.29, 0.717) is 11.4 Å². The van der Waals surface area contributed by atoms with E-state index in [-0.39, 0.29) is 11.9 Å². The predicted molar refractivity (Wildman–Crippen MR) is 95.6 cm³/mol. The molecule has 0 radical (unpaired) electrons. The number of furan rings is 1. The topological polar surface area (TPSA) is 58.2 Å². The molecule has 5 nitrogen and oxygen atoms in total. The van der Waals surface area contributed by atoms with Gasteiger partial charge in [-0.25, -0.2) is 0 Å². The summed E-state index contributed by atoms with van der Waals surface area (Å²) in [7, 11) is 0. The van der Waals surface area contributed by atoms with Crippen LogP contribution in [0.2, 0.25) is 0 Å². The van der Waals surface area contributed by atoms with Crippen molar-refractivity contribution in [2.45, 2.75) is 11.4 Å². The van der Waals surface area contributed by atoms with Gasteiger partial charge in [0, 0.05) is 5.69 Å². The number of hydrogen-bond donors (Lipinski definition) is 0. The second kappa shape index (κ2) is 6.53. The Morgan fingerprint density at radius 3 is 2.20 bits per heavy atom. The third kappa shape index (κ3) is 2.94. The smallest absolute Gasteiger partial charge is 0.248 e. The monoisotopic (exact) mass is 351 g/mol. The van der Waals surface area contributed by atoms with Gasteiger partial charge in [-0.15, -0.1) is 11.6 Å². The van der Waals surface area contributed by atoms with Crippen molar-refractivity contribution in [2.75, 3.05) is 4.90 Å². The molecule has 124 valence electrons. The Morgan fingerprint density at radius 2 is 1.56 bits per heavy atom. The first-order chi connectivity index (χ1) is 12.2. The van der Waals surface area contributed by atoms with Crippen LogP contribution in [0, 0.1) is 0 Å². The predicted octanol–water partition coefficient (Wildman–Crippen LogP) is 5.39. The molecule has 4 rings (SSSR count). The first-order valence-corrected chi connectivity index (χ1v) is 8.25. The average Bonchev–Trinajstić information content (AvgIpc) is 3.19. The van der Waals surface area contributed by atoms with Gasteiger partial charge in [0.05, 0.1) is 17.6 Å². The standard InChI is InChI=1S/C19H14ClN3O2/c20-17-18(16-7-4-12-25-16)23(19(17)24)15-10-8-14(9-11-15)22-21-13-5-2-1-3-6-13/h1-12,17-18H. The van der Waals surface area contributed by atoms with E-state index in [4.69, 9.17) is 16.0 Å². The molecule has 1 aliphatic rings. The molecule has 0 aliphatic carbocycles. The highest BCUT2D eigenvalue weighted by Crippen LogP contribution is 2.42. The highest BCUT2D eigenvalue weighted by molar-refractivity contribution is 6.37. The molecule has 0 N–H and O–H groups in total. The molecule has 3 aromatic rings. The first-order valence-electron chi connectivity index (χ1n) is 7.81. The maximum atomic E-state index is 12.2. The third-order valence-corrected chi connectivity index (χ3v) is 4.45. The summed E-state index contributed by atoms with van der Waals surface area (Å²) in [5, 5.41) is 7.77. The summed E-state index contributed by atoms with van der Waals surface area (Å²) in [5.41, 5.74) is 2.24. The van der Waals surface area contributed by atoms with Gasteiger partial charge in [-0.05, 0) is 48.5 Å². The van der Waals surface area contributed by atoms with Crippen LogP contribution in [0.3, 0.4) is 0 Å². The molecule has 2 atom stereocenters. The van der Waals surface area contributed by atoms with Gasteiger partial charge in [-0.2, -0.15) is 10.2 Å². The number of alkyl halides is 1. The highest BCUT2D eigenvalue weighted by Gasteiger charge is 2.49. The lowest BCUT2D eigenvalue weighted by molar-refractivity contribution is -0.124. The van der Waals surface area contributed by atoms with Crippen LogP contribution >= 0.6 is 11.6 Å². The number of hydrogen-bond acceptors (Lipinski definition) is 4. The van der Waals surface area contributed by atoms with Crippen molar-refractivity contribution < 1.29 is 9.21 Å². The molecular formula is C19H14ClN3O2. The molecular weight excluding hydrogens is 338 g/mol. The van der Waals surface area contributed by atoms with Crippen molar-refractivity contribution in [1.29, 1.82) is 0 Å². The zero-order chi connectivity index (χ0) is 17.2. The van der Waals surface area contributed by atoms with Crippen molar-refractivity contribution in [2.24, 2.45) is 10.2 Å². The van der Waals surface area contributed by atoms with Crippen molar-refractivity contribution in [3.05, 3.63) is 78.8 Å². The number of β-lactam (4-membered cyclic amide) rings is 1. The van der Waals surface area contributed by atoms with Crippen LogP contribution in [-0.2, 0) is 4.79 Å². The Kier molecular flexibility index (Phi) is 4.07. The molecule has 2 heterocycles. The molecule has 1 amide bonds. The number of carbonyl (C=O) groups is 1. The van der Waals surface area contributed by atoms with E-state index in [9.17, 15) is 4.79 Å². The summed E-state index contributed by atoms with van der Waals surface area (Å²) in [6.45, 7) is 0. The minimum absolute atomic E-state index is 0.137. The minimum atomic E-state index is -0.608. The van der Waals surface area contributed by atoms with Crippen molar-refractivity contribution in [1.82, 2.24) is 0 Å². The van der Waals surface area contributed by atoms with Gasteiger partial charge in [0.1, 0.15) is 17.2 Å². The van der Waals surface area contributed by atoms with Crippen molar-refractivity contribution in [3.8, 4) is 0 Å². The van der Waals surface area contributed by atoms with E-state index in [0.717, 1.165) is 11.4 Å². The molecule has 1 fully saturated rings. The van der Waals surface area contributed by atoms with Crippen LogP contribution in [0.25, 0.3) is 0 Å². The van der Waals surface area contributed by atoms with Crippen LogP contribution < -0.4 is 4.90 Å². The average molecular weight is 352 g/mol. The SMILES string of the molecule is O=C1C(Cl)C(c2ccco2)N1c1ccc(N=Nc2ccccc2)cc1. The van der Waals surface area contributed by atoms with Gasteiger partial charge >= 0.3 is 0 Å². The fourth-order valence-corrected chi connectivity index (χ4v) is 3.10. The lowest BCUT2D eigenvalue weighted by atomic mass is 9.97. The lowest BCUT2D eigenvalue weighted by Gasteiger charge is -2.43. The second-order valence-electron chi connectivity index (χ2n) is 5.62. The molecule has 0 spiro atoms. The summed E-state index contributed by atoms with van der Waals surface area (Å²) in [5.74, 6) is 0.536. The zero-order valence-corrected chi connectivity index (χ0v) is 13.9. The second-order valence-corrected chi connectivity index (χ2v) is 6.09. The maximum absolute atomic E-state index is 12.2. The van der Waals surface area contributed by atoms with E-state index < -0.39 is 5.38 Å². The Hall–Kier alpha value is -2.92. The Bertz CT molecular complexity index is 892. The molecule has 2 aromatic carbocycles. The highest BCUT2D eigenvalue weighted by atomic mass is 35.5.